The summed E-state index contributed by atoms with van der Waals surface area (Å²) in [6, 6.07) is 6.34. The lowest BCUT2D eigenvalue weighted by Gasteiger charge is -2.21. The summed E-state index contributed by atoms with van der Waals surface area (Å²) in [5.74, 6) is -0.382. The van der Waals surface area contributed by atoms with Crippen LogP contribution in [0.3, 0.4) is 0 Å². The van der Waals surface area contributed by atoms with Crippen molar-refractivity contribution in [1.29, 1.82) is 0 Å². The second-order valence-electron chi connectivity index (χ2n) is 5.06. The topological polar surface area (TPSA) is 49.8 Å². The van der Waals surface area contributed by atoms with Crippen LogP contribution < -0.4 is 0 Å². The van der Waals surface area contributed by atoms with Crippen LogP contribution in [-0.2, 0) is 16.1 Å². The lowest BCUT2D eigenvalue weighted by atomic mass is 10.1. The number of ether oxygens (including phenoxy) is 1. The van der Waals surface area contributed by atoms with Gasteiger partial charge in [-0.3, -0.25) is 9.69 Å². The quantitative estimate of drug-likeness (QED) is 0.795. The molecule has 0 fully saturated rings. The maximum atomic E-state index is 11.1. The minimum atomic E-state index is -0.692. The molecular weight excluding hydrogens is 242 g/mol. The van der Waals surface area contributed by atoms with Crippen LogP contribution in [0, 0.1) is 13.8 Å². The van der Waals surface area contributed by atoms with E-state index in [2.05, 4.69) is 36.8 Å². The fourth-order valence-corrected chi connectivity index (χ4v) is 2.03. The van der Waals surface area contributed by atoms with Gasteiger partial charge in [-0.25, -0.2) is 0 Å². The highest BCUT2D eigenvalue weighted by Gasteiger charge is 2.14. The van der Waals surface area contributed by atoms with Gasteiger partial charge in [0.15, 0.2) is 0 Å². The van der Waals surface area contributed by atoms with E-state index in [1.54, 1.807) is 0 Å². The van der Waals surface area contributed by atoms with Crippen molar-refractivity contribution >= 4 is 5.97 Å². The van der Waals surface area contributed by atoms with E-state index in [1.807, 2.05) is 11.9 Å². The summed E-state index contributed by atoms with van der Waals surface area (Å²) in [5, 5.41) is 9.78. The van der Waals surface area contributed by atoms with Crippen LogP contribution in [0.4, 0.5) is 0 Å². The van der Waals surface area contributed by atoms with Crippen molar-refractivity contribution in [2.45, 2.75) is 32.9 Å². The molecule has 0 radical (unpaired) electrons. The van der Waals surface area contributed by atoms with Crippen molar-refractivity contribution in [1.82, 2.24) is 4.90 Å². The van der Waals surface area contributed by atoms with Crippen LogP contribution in [0.1, 0.15) is 23.1 Å². The lowest BCUT2D eigenvalue weighted by Crippen LogP contribution is -2.30. The van der Waals surface area contributed by atoms with E-state index in [9.17, 15) is 9.90 Å². The normalized spacial score (nSPS) is 12.5. The van der Waals surface area contributed by atoms with Crippen molar-refractivity contribution in [2.75, 3.05) is 20.7 Å². The molecule has 0 aliphatic rings. The largest absolute Gasteiger partial charge is 0.469 e. The van der Waals surface area contributed by atoms with Crippen molar-refractivity contribution in [3.8, 4) is 0 Å². The van der Waals surface area contributed by atoms with E-state index >= 15 is 0 Å². The first-order valence-corrected chi connectivity index (χ1v) is 6.42. The predicted octanol–water partition coefficient (Wildman–Crippen LogP) is 1.66. The monoisotopic (exact) mass is 265 g/mol. The summed E-state index contributed by atoms with van der Waals surface area (Å²) in [7, 11) is 3.26. The first kappa shape index (κ1) is 15.7. The predicted molar refractivity (Wildman–Crippen MR) is 74.9 cm³/mol. The summed E-state index contributed by atoms with van der Waals surface area (Å²) in [6.45, 7) is 5.34. The third-order valence-electron chi connectivity index (χ3n) is 3.10. The molecule has 4 nitrogen and oxygen atoms in total. The zero-order chi connectivity index (χ0) is 14.4. The van der Waals surface area contributed by atoms with Crippen LogP contribution in [-0.4, -0.2) is 42.8 Å². The molecule has 0 bridgehead atoms. The lowest BCUT2D eigenvalue weighted by molar-refractivity contribution is -0.143. The molecule has 0 saturated carbocycles. The van der Waals surface area contributed by atoms with Crippen molar-refractivity contribution < 1.29 is 14.6 Å². The highest BCUT2D eigenvalue weighted by Crippen LogP contribution is 2.13. The molecule has 1 aromatic carbocycles. The number of aryl methyl sites for hydroxylation is 2. The van der Waals surface area contributed by atoms with Gasteiger partial charge in [0.25, 0.3) is 0 Å². The van der Waals surface area contributed by atoms with Crippen LogP contribution in [0.15, 0.2) is 18.2 Å². The van der Waals surface area contributed by atoms with Crippen LogP contribution in [0.5, 0.6) is 0 Å². The van der Waals surface area contributed by atoms with Gasteiger partial charge in [0.2, 0.25) is 0 Å². The van der Waals surface area contributed by atoms with Gasteiger partial charge in [0, 0.05) is 13.1 Å². The van der Waals surface area contributed by atoms with E-state index < -0.39 is 6.10 Å². The SMILES string of the molecule is COC(=O)CC(O)CN(C)Cc1cc(C)ccc1C. The Morgan fingerprint density at radius 2 is 2.11 bits per heavy atom. The number of likely N-dealkylation sites (N-methyl/N-ethyl adjacent to an activating group) is 1. The maximum absolute atomic E-state index is 11.1. The van der Waals surface area contributed by atoms with Gasteiger partial charge in [-0.05, 0) is 32.0 Å². The molecule has 106 valence electrons. The number of benzene rings is 1. The summed E-state index contributed by atoms with van der Waals surface area (Å²) < 4.78 is 4.54. The third-order valence-corrected chi connectivity index (χ3v) is 3.10. The Balaban J connectivity index is 2.52. The first-order chi connectivity index (χ1) is 8.92. The Morgan fingerprint density at radius 1 is 1.42 bits per heavy atom. The van der Waals surface area contributed by atoms with Crippen molar-refractivity contribution in [3.05, 3.63) is 34.9 Å². The van der Waals surface area contributed by atoms with E-state index in [4.69, 9.17) is 0 Å². The molecular formula is C15H23NO3. The molecule has 0 aliphatic carbocycles. The average molecular weight is 265 g/mol. The Hall–Kier alpha value is -1.39. The Kier molecular flexibility index (Phi) is 5.99. The van der Waals surface area contributed by atoms with Crippen LogP contribution >= 0.6 is 0 Å². The summed E-state index contributed by atoms with van der Waals surface area (Å²) >= 11 is 0. The number of carbonyl (C=O) groups excluding carboxylic acids is 1. The van der Waals surface area contributed by atoms with Gasteiger partial charge in [0.1, 0.15) is 0 Å². The number of carbonyl (C=O) groups is 1. The van der Waals surface area contributed by atoms with E-state index in [-0.39, 0.29) is 12.4 Å². The van der Waals surface area contributed by atoms with Crippen LogP contribution in [0.25, 0.3) is 0 Å². The fraction of sp³-hybridized carbons (Fsp3) is 0.533. The number of hydrogen-bond acceptors (Lipinski definition) is 4. The van der Waals surface area contributed by atoms with Crippen molar-refractivity contribution in [2.24, 2.45) is 0 Å². The Morgan fingerprint density at radius 3 is 2.74 bits per heavy atom. The molecule has 0 aliphatic heterocycles. The van der Waals surface area contributed by atoms with E-state index in [0.717, 1.165) is 6.54 Å². The molecule has 1 aromatic rings. The second kappa shape index (κ2) is 7.26. The number of hydrogen-bond donors (Lipinski definition) is 1. The standard InChI is InChI=1S/C15H23NO3/c1-11-5-6-12(2)13(7-11)9-16(3)10-14(17)8-15(18)19-4/h5-7,14,17H,8-10H2,1-4H3. The zero-order valence-corrected chi connectivity index (χ0v) is 12.1. The average Bonchev–Trinajstić information content (AvgIpc) is 2.33. The van der Waals surface area contributed by atoms with Gasteiger partial charge in [-0.1, -0.05) is 23.8 Å². The molecule has 1 N–H and O–H groups in total. The summed E-state index contributed by atoms with van der Waals surface area (Å²) in [6.07, 6.45) is -0.657. The molecule has 1 rings (SSSR count). The molecule has 4 heteroatoms. The minimum absolute atomic E-state index is 0.0354. The second-order valence-corrected chi connectivity index (χ2v) is 5.06. The van der Waals surface area contributed by atoms with E-state index in [0.29, 0.717) is 6.54 Å². The van der Waals surface area contributed by atoms with Gasteiger partial charge < -0.3 is 9.84 Å². The molecule has 0 saturated heterocycles. The molecule has 19 heavy (non-hydrogen) atoms. The molecule has 1 atom stereocenters. The minimum Gasteiger partial charge on any atom is -0.469 e. The zero-order valence-electron chi connectivity index (χ0n) is 12.1. The van der Waals surface area contributed by atoms with Gasteiger partial charge in [0.05, 0.1) is 19.6 Å². The highest BCUT2D eigenvalue weighted by atomic mass is 16.5. The Labute approximate surface area is 115 Å². The molecule has 1 unspecified atom stereocenters. The fourth-order valence-electron chi connectivity index (χ4n) is 2.03. The Bertz CT molecular complexity index is 431. The highest BCUT2D eigenvalue weighted by molar-refractivity contribution is 5.69. The first-order valence-electron chi connectivity index (χ1n) is 6.42. The molecule has 0 heterocycles. The van der Waals surface area contributed by atoms with Gasteiger partial charge in [-0.15, -0.1) is 0 Å². The molecule has 0 aromatic heterocycles. The van der Waals surface area contributed by atoms with E-state index in [1.165, 1.54) is 23.8 Å². The molecule has 0 amide bonds. The summed E-state index contributed by atoms with van der Waals surface area (Å²) in [5.41, 5.74) is 3.71. The van der Waals surface area contributed by atoms with Crippen LogP contribution in [0.2, 0.25) is 0 Å². The summed E-state index contributed by atoms with van der Waals surface area (Å²) in [4.78, 5) is 13.1. The smallest absolute Gasteiger partial charge is 0.308 e. The number of nitrogens with zero attached hydrogens (tertiary/aromatic N) is 1. The number of aliphatic hydroxyl groups excluding tert-OH is 1. The number of methoxy groups -OCH3 is 1. The third kappa shape index (κ3) is 5.41. The van der Waals surface area contributed by atoms with Gasteiger partial charge >= 0.3 is 5.97 Å². The van der Waals surface area contributed by atoms with Crippen molar-refractivity contribution in [3.63, 3.8) is 0 Å². The number of esters is 1. The molecule has 0 spiro atoms. The number of aliphatic hydroxyl groups is 1. The maximum Gasteiger partial charge on any atom is 0.308 e. The van der Waals surface area contributed by atoms with Gasteiger partial charge in [-0.2, -0.15) is 0 Å². The number of rotatable bonds is 6.